The highest BCUT2D eigenvalue weighted by atomic mass is 14.1. The first kappa shape index (κ1) is 12.8. The number of rotatable bonds is 8. The summed E-state index contributed by atoms with van der Waals surface area (Å²) >= 11 is 0. The van der Waals surface area contributed by atoms with Gasteiger partial charge in [0.15, 0.2) is 0 Å². The summed E-state index contributed by atoms with van der Waals surface area (Å²) in [7, 11) is 0. The van der Waals surface area contributed by atoms with Crippen molar-refractivity contribution in [1.29, 1.82) is 0 Å². The molecule has 86 valence electrons. The zero-order valence-electron chi connectivity index (χ0n) is 10.1. The SMILES string of the molecule is C=CCCCc1ccccc1CCCC=C. The summed E-state index contributed by atoms with van der Waals surface area (Å²) in [5.41, 5.74) is 3.02. The third kappa shape index (κ3) is 4.48. The molecule has 16 heavy (non-hydrogen) atoms. The number of hydrogen-bond acceptors (Lipinski definition) is 0. The van der Waals surface area contributed by atoms with Crippen molar-refractivity contribution in [3.8, 4) is 0 Å². The summed E-state index contributed by atoms with van der Waals surface area (Å²) in [6, 6.07) is 8.79. The number of allylic oxidation sites excluding steroid dienone is 2. The minimum Gasteiger partial charge on any atom is -0.103 e. The van der Waals surface area contributed by atoms with Crippen molar-refractivity contribution in [1.82, 2.24) is 0 Å². The first-order chi connectivity index (χ1) is 7.88. The molecule has 0 heterocycles. The van der Waals surface area contributed by atoms with E-state index in [-0.39, 0.29) is 0 Å². The lowest BCUT2D eigenvalue weighted by molar-refractivity contribution is 0.798. The average molecular weight is 214 g/mol. The first-order valence-electron chi connectivity index (χ1n) is 6.17. The zero-order valence-corrected chi connectivity index (χ0v) is 10.1. The van der Waals surface area contributed by atoms with Crippen LogP contribution in [0.2, 0.25) is 0 Å². The Kier molecular flexibility index (Phi) is 6.32. The summed E-state index contributed by atoms with van der Waals surface area (Å²) < 4.78 is 0. The molecule has 0 heteroatoms. The molecule has 0 aliphatic rings. The maximum atomic E-state index is 3.76. The highest BCUT2D eigenvalue weighted by molar-refractivity contribution is 5.27. The fraction of sp³-hybridized carbons (Fsp3) is 0.375. The third-order valence-electron chi connectivity index (χ3n) is 2.83. The Bertz CT molecular complexity index is 290. The maximum absolute atomic E-state index is 3.76. The van der Waals surface area contributed by atoms with Crippen molar-refractivity contribution >= 4 is 0 Å². The Balaban J connectivity index is 2.52. The lowest BCUT2D eigenvalue weighted by Gasteiger charge is -2.08. The lowest BCUT2D eigenvalue weighted by atomic mass is 9.98. The summed E-state index contributed by atoms with van der Waals surface area (Å²) in [5.74, 6) is 0. The fourth-order valence-corrected chi connectivity index (χ4v) is 1.92. The van der Waals surface area contributed by atoms with Crippen LogP contribution >= 0.6 is 0 Å². The van der Waals surface area contributed by atoms with Crippen LogP contribution in [0.5, 0.6) is 0 Å². The van der Waals surface area contributed by atoms with Gasteiger partial charge in [0.05, 0.1) is 0 Å². The van der Waals surface area contributed by atoms with Crippen LogP contribution in [0, 0.1) is 0 Å². The van der Waals surface area contributed by atoms with Crippen LogP contribution in [-0.2, 0) is 12.8 Å². The Morgan fingerprint density at radius 3 is 1.62 bits per heavy atom. The van der Waals surface area contributed by atoms with E-state index in [9.17, 15) is 0 Å². The molecule has 0 aliphatic heterocycles. The molecule has 0 saturated heterocycles. The molecule has 1 aromatic rings. The summed E-state index contributed by atoms with van der Waals surface area (Å²) in [6.45, 7) is 7.53. The van der Waals surface area contributed by atoms with E-state index in [1.807, 2.05) is 12.2 Å². The Labute approximate surface area is 99.7 Å². The van der Waals surface area contributed by atoms with Gasteiger partial charge in [0.1, 0.15) is 0 Å². The smallest absolute Gasteiger partial charge is 0.0273 e. The first-order valence-corrected chi connectivity index (χ1v) is 6.17. The van der Waals surface area contributed by atoms with Crippen molar-refractivity contribution in [2.24, 2.45) is 0 Å². The van der Waals surface area contributed by atoms with Crippen LogP contribution in [0.4, 0.5) is 0 Å². The van der Waals surface area contributed by atoms with E-state index in [0.717, 1.165) is 12.8 Å². The second-order valence-electron chi connectivity index (χ2n) is 4.13. The highest BCUT2D eigenvalue weighted by Gasteiger charge is 2.00. The molecule has 0 bridgehead atoms. The minimum atomic E-state index is 1.11. The second kappa shape index (κ2) is 7.92. The van der Waals surface area contributed by atoms with Crippen LogP contribution in [-0.4, -0.2) is 0 Å². The van der Waals surface area contributed by atoms with E-state index in [1.165, 1.54) is 36.8 Å². The largest absolute Gasteiger partial charge is 0.103 e. The van der Waals surface area contributed by atoms with Gasteiger partial charge in [0.2, 0.25) is 0 Å². The molecule has 0 atom stereocenters. The van der Waals surface area contributed by atoms with Gasteiger partial charge in [-0.1, -0.05) is 36.4 Å². The second-order valence-corrected chi connectivity index (χ2v) is 4.13. The molecular formula is C16H22. The van der Waals surface area contributed by atoms with Gasteiger partial charge < -0.3 is 0 Å². The molecule has 0 amide bonds. The van der Waals surface area contributed by atoms with E-state index >= 15 is 0 Å². The van der Waals surface area contributed by atoms with Gasteiger partial charge in [-0.2, -0.15) is 0 Å². The molecule has 0 unspecified atom stereocenters. The summed E-state index contributed by atoms with van der Waals surface area (Å²) in [6.07, 6.45) is 11.0. The van der Waals surface area contributed by atoms with Crippen molar-refractivity contribution in [3.63, 3.8) is 0 Å². The number of unbranched alkanes of at least 4 members (excludes halogenated alkanes) is 2. The fourth-order valence-electron chi connectivity index (χ4n) is 1.92. The molecule has 0 fully saturated rings. The monoisotopic (exact) mass is 214 g/mol. The minimum absolute atomic E-state index is 1.11. The standard InChI is InChI=1S/C16H22/c1-3-5-7-11-15-13-9-10-14-16(15)12-8-6-4-2/h3-4,9-10,13-14H,1-2,5-8,11-12H2. The molecule has 0 aromatic heterocycles. The van der Waals surface area contributed by atoms with Crippen LogP contribution in [0.25, 0.3) is 0 Å². The van der Waals surface area contributed by atoms with Gasteiger partial charge in [-0.15, -0.1) is 13.2 Å². The predicted octanol–water partition coefficient (Wildman–Crippen LogP) is 4.70. The van der Waals surface area contributed by atoms with Gasteiger partial charge in [-0.25, -0.2) is 0 Å². The number of aryl methyl sites for hydroxylation is 2. The van der Waals surface area contributed by atoms with Crippen molar-refractivity contribution in [3.05, 3.63) is 60.7 Å². The Morgan fingerprint density at radius 1 is 0.812 bits per heavy atom. The molecule has 0 nitrogen and oxygen atoms in total. The van der Waals surface area contributed by atoms with E-state index in [0.29, 0.717) is 0 Å². The van der Waals surface area contributed by atoms with Gasteiger partial charge in [-0.3, -0.25) is 0 Å². The number of hydrogen-bond donors (Lipinski definition) is 0. The molecule has 0 N–H and O–H groups in total. The highest BCUT2D eigenvalue weighted by Crippen LogP contribution is 2.15. The van der Waals surface area contributed by atoms with Gasteiger partial charge in [0, 0.05) is 0 Å². The third-order valence-corrected chi connectivity index (χ3v) is 2.83. The van der Waals surface area contributed by atoms with Gasteiger partial charge >= 0.3 is 0 Å². The topological polar surface area (TPSA) is 0 Å². The molecule has 0 radical (unpaired) electrons. The van der Waals surface area contributed by atoms with E-state index in [2.05, 4.69) is 37.4 Å². The average Bonchev–Trinajstić information content (AvgIpc) is 2.32. The summed E-state index contributed by atoms with van der Waals surface area (Å²) in [4.78, 5) is 0. The van der Waals surface area contributed by atoms with Crippen LogP contribution in [0.3, 0.4) is 0 Å². The van der Waals surface area contributed by atoms with Crippen LogP contribution in [0.15, 0.2) is 49.6 Å². The lowest BCUT2D eigenvalue weighted by Crippen LogP contribution is -1.94. The molecule has 1 aromatic carbocycles. The Hall–Kier alpha value is -1.30. The number of benzene rings is 1. The van der Waals surface area contributed by atoms with E-state index < -0.39 is 0 Å². The van der Waals surface area contributed by atoms with Gasteiger partial charge in [0.25, 0.3) is 0 Å². The summed E-state index contributed by atoms with van der Waals surface area (Å²) in [5, 5.41) is 0. The molecule has 0 aliphatic carbocycles. The van der Waals surface area contributed by atoms with Gasteiger partial charge in [-0.05, 0) is 49.7 Å². The maximum Gasteiger partial charge on any atom is -0.0273 e. The zero-order chi connectivity index (χ0) is 11.6. The van der Waals surface area contributed by atoms with Crippen molar-refractivity contribution in [2.45, 2.75) is 38.5 Å². The Morgan fingerprint density at radius 2 is 1.25 bits per heavy atom. The molecule has 1 rings (SSSR count). The predicted molar refractivity (Wildman–Crippen MR) is 72.7 cm³/mol. The molecular weight excluding hydrogens is 192 g/mol. The van der Waals surface area contributed by atoms with Crippen LogP contribution < -0.4 is 0 Å². The molecule has 0 saturated carbocycles. The van der Waals surface area contributed by atoms with E-state index in [4.69, 9.17) is 0 Å². The van der Waals surface area contributed by atoms with Crippen molar-refractivity contribution in [2.75, 3.05) is 0 Å². The quantitative estimate of drug-likeness (QED) is 0.434. The van der Waals surface area contributed by atoms with E-state index in [1.54, 1.807) is 0 Å². The van der Waals surface area contributed by atoms with Crippen LogP contribution in [0.1, 0.15) is 36.8 Å². The normalized spacial score (nSPS) is 10.0. The molecule has 0 spiro atoms. The van der Waals surface area contributed by atoms with Crippen molar-refractivity contribution < 1.29 is 0 Å².